The second-order valence-electron chi connectivity index (χ2n) is 7.11. The highest BCUT2D eigenvalue weighted by Gasteiger charge is 2.37. The summed E-state index contributed by atoms with van der Waals surface area (Å²) in [5.74, 6) is -1.56. The third-order valence-corrected chi connectivity index (χ3v) is 4.77. The van der Waals surface area contributed by atoms with Crippen LogP contribution in [0.3, 0.4) is 0 Å². The number of hydrogen-bond acceptors (Lipinski definition) is 5. The molecule has 29 heavy (non-hydrogen) atoms. The Morgan fingerprint density at radius 3 is 2.45 bits per heavy atom. The van der Waals surface area contributed by atoms with E-state index < -0.39 is 16.9 Å². The molecule has 1 amide bonds. The van der Waals surface area contributed by atoms with Gasteiger partial charge in [-0.15, -0.1) is 0 Å². The van der Waals surface area contributed by atoms with Gasteiger partial charge in [-0.05, 0) is 23.6 Å². The van der Waals surface area contributed by atoms with Crippen LogP contribution in [-0.2, 0) is 11.3 Å². The van der Waals surface area contributed by atoms with E-state index in [1.54, 1.807) is 22.2 Å². The molecule has 0 aromatic heterocycles. The number of amides is 1. The van der Waals surface area contributed by atoms with Gasteiger partial charge in [0, 0.05) is 18.5 Å². The first-order chi connectivity index (χ1) is 13.8. The van der Waals surface area contributed by atoms with Crippen LogP contribution in [0.15, 0.2) is 60.9 Å². The fraction of sp³-hybridized carbons (Fsp3) is 0.238. The summed E-state index contributed by atoms with van der Waals surface area (Å²) in [6, 6.07) is 12.6. The number of aromatic carboxylic acids is 1. The maximum Gasteiger partial charge on any atom is 0.335 e. The smallest absolute Gasteiger partial charge is 0.335 e. The molecule has 3 rings (SSSR count). The summed E-state index contributed by atoms with van der Waals surface area (Å²) in [7, 11) is 0. The lowest BCUT2D eigenvalue weighted by atomic mass is 9.98. The molecule has 8 nitrogen and oxygen atoms in total. The molecule has 0 aliphatic carbocycles. The number of carbonyl (C=O) groups excluding carboxylic acids is 1. The van der Waals surface area contributed by atoms with Crippen molar-refractivity contribution < 1.29 is 19.6 Å². The second kappa shape index (κ2) is 8.14. The molecule has 8 heteroatoms. The Balaban J connectivity index is 2.01. The van der Waals surface area contributed by atoms with Crippen LogP contribution in [0.5, 0.6) is 0 Å². The standard InChI is InChI=1S/C21H21N3O5/c1-14(2)19-20(25)22(13-15-6-4-3-5-7-15)10-11-23(19)17-9-8-16(21(26)27)12-18(17)24(28)29/h3-12,14,19H,13H2,1-2H3,(H,26,27)/t19-/m0/s1. The van der Waals surface area contributed by atoms with Gasteiger partial charge in [0.2, 0.25) is 5.91 Å². The minimum absolute atomic E-state index is 0.135. The number of nitrogens with zero attached hydrogens (tertiary/aromatic N) is 3. The van der Waals surface area contributed by atoms with Crippen molar-refractivity contribution >= 4 is 23.3 Å². The van der Waals surface area contributed by atoms with E-state index in [0.29, 0.717) is 6.54 Å². The molecule has 2 aromatic rings. The van der Waals surface area contributed by atoms with Gasteiger partial charge in [-0.3, -0.25) is 14.9 Å². The summed E-state index contributed by atoms with van der Waals surface area (Å²) in [6.45, 7) is 4.13. The molecule has 0 bridgehead atoms. The largest absolute Gasteiger partial charge is 0.478 e. The van der Waals surface area contributed by atoms with Crippen molar-refractivity contribution in [3.8, 4) is 0 Å². The number of anilines is 1. The predicted octanol–water partition coefficient (Wildman–Crippen LogP) is 3.64. The molecule has 2 aromatic carbocycles. The van der Waals surface area contributed by atoms with Crippen LogP contribution < -0.4 is 4.90 Å². The first kappa shape index (κ1) is 20.1. The van der Waals surface area contributed by atoms with Gasteiger partial charge < -0.3 is 14.9 Å². The van der Waals surface area contributed by atoms with Crippen molar-refractivity contribution in [2.24, 2.45) is 5.92 Å². The summed E-state index contributed by atoms with van der Waals surface area (Å²) in [5.41, 5.74) is 0.616. The minimum atomic E-state index is -1.25. The highest BCUT2D eigenvalue weighted by Crippen LogP contribution is 2.35. The number of hydrogen-bond donors (Lipinski definition) is 1. The maximum absolute atomic E-state index is 13.2. The van der Waals surface area contributed by atoms with Crippen LogP contribution in [0.2, 0.25) is 0 Å². The van der Waals surface area contributed by atoms with Gasteiger partial charge in [0.15, 0.2) is 0 Å². The molecule has 1 aliphatic rings. The van der Waals surface area contributed by atoms with Crippen LogP contribution in [0.1, 0.15) is 29.8 Å². The number of carboxylic acids is 1. The number of nitro benzene ring substituents is 1. The second-order valence-corrected chi connectivity index (χ2v) is 7.11. The Labute approximate surface area is 167 Å². The minimum Gasteiger partial charge on any atom is -0.478 e. The average Bonchev–Trinajstić information content (AvgIpc) is 2.69. The third kappa shape index (κ3) is 4.11. The van der Waals surface area contributed by atoms with E-state index in [4.69, 9.17) is 5.11 Å². The molecular weight excluding hydrogens is 374 g/mol. The van der Waals surface area contributed by atoms with Gasteiger partial charge >= 0.3 is 5.97 Å². The molecule has 1 heterocycles. The van der Waals surface area contributed by atoms with E-state index in [0.717, 1.165) is 11.6 Å². The highest BCUT2D eigenvalue weighted by molar-refractivity contribution is 5.92. The number of benzene rings is 2. The molecule has 150 valence electrons. The lowest BCUT2D eigenvalue weighted by Gasteiger charge is -2.38. The molecule has 0 fully saturated rings. The Morgan fingerprint density at radius 2 is 1.86 bits per heavy atom. The first-order valence-corrected chi connectivity index (χ1v) is 9.12. The van der Waals surface area contributed by atoms with Crippen LogP contribution in [0.25, 0.3) is 0 Å². The number of rotatable bonds is 6. The Hall–Kier alpha value is -3.68. The third-order valence-electron chi connectivity index (χ3n) is 4.77. The summed E-state index contributed by atoms with van der Waals surface area (Å²) < 4.78 is 0. The van der Waals surface area contributed by atoms with E-state index >= 15 is 0 Å². The van der Waals surface area contributed by atoms with Gasteiger partial charge in [0.1, 0.15) is 11.7 Å². The van der Waals surface area contributed by atoms with E-state index in [1.807, 2.05) is 44.2 Å². The summed E-state index contributed by atoms with van der Waals surface area (Å²) in [5, 5.41) is 20.7. The fourth-order valence-corrected chi connectivity index (χ4v) is 3.38. The molecule has 0 saturated heterocycles. The highest BCUT2D eigenvalue weighted by atomic mass is 16.6. The van der Waals surface area contributed by atoms with E-state index in [2.05, 4.69) is 0 Å². The Morgan fingerprint density at radius 1 is 1.17 bits per heavy atom. The molecule has 0 spiro atoms. The van der Waals surface area contributed by atoms with Gasteiger partial charge in [0.25, 0.3) is 5.69 Å². The lowest BCUT2D eigenvalue weighted by Crippen LogP contribution is -2.51. The zero-order chi connectivity index (χ0) is 21.1. The predicted molar refractivity (Wildman–Crippen MR) is 107 cm³/mol. The van der Waals surface area contributed by atoms with Crippen molar-refractivity contribution in [3.63, 3.8) is 0 Å². The zero-order valence-electron chi connectivity index (χ0n) is 16.1. The van der Waals surface area contributed by atoms with Gasteiger partial charge in [-0.1, -0.05) is 44.2 Å². The van der Waals surface area contributed by atoms with Crippen LogP contribution >= 0.6 is 0 Å². The van der Waals surface area contributed by atoms with Gasteiger partial charge in [-0.2, -0.15) is 0 Å². The average molecular weight is 395 g/mol. The monoisotopic (exact) mass is 395 g/mol. The topological polar surface area (TPSA) is 104 Å². The normalized spacial score (nSPS) is 16.4. The zero-order valence-corrected chi connectivity index (χ0v) is 16.1. The molecule has 0 radical (unpaired) electrons. The maximum atomic E-state index is 13.2. The lowest BCUT2D eigenvalue weighted by molar-refractivity contribution is -0.384. The van der Waals surface area contributed by atoms with Crippen LogP contribution in [0.4, 0.5) is 11.4 Å². The van der Waals surface area contributed by atoms with Crippen molar-refractivity contribution in [2.75, 3.05) is 4.90 Å². The number of carbonyl (C=O) groups is 2. The van der Waals surface area contributed by atoms with Crippen LogP contribution in [-0.4, -0.2) is 32.8 Å². The van der Waals surface area contributed by atoms with Crippen molar-refractivity contribution in [2.45, 2.75) is 26.4 Å². The van der Waals surface area contributed by atoms with E-state index in [-0.39, 0.29) is 28.8 Å². The Bertz CT molecular complexity index is 972. The molecular formula is C21H21N3O5. The summed E-state index contributed by atoms with van der Waals surface area (Å²) in [4.78, 5) is 38.5. The summed E-state index contributed by atoms with van der Waals surface area (Å²) >= 11 is 0. The number of nitro groups is 1. The molecule has 1 N–H and O–H groups in total. The SMILES string of the molecule is CC(C)[C@H]1C(=O)N(Cc2ccccc2)C=CN1c1ccc(C(=O)O)cc1[N+](=O)[O-]. The molecule has 0 unspecified atom stereocenters. The summed E-state index contributed by atoms with van der Waals surface area (Å²) in [6.07, 6.45) is 3.24. The van der Waals surface area contributed by atoms with Crippen molar-refractivity contribution in [1.82, 2.24) is 4.90 Å². The first-order valence-electron chi connectivity index (χ1n) is 9.12. The molecule has 0 saturated carbocycles. The molecule has 1 aliphatic heterocycles. The quantitative estimate of drug-likeness (QED) is 0.592. The van der Waals surface area contributed by atoms with Crippen molar-refractivity contribution in [3.05, 3.63) is 82.2 Å². The van der Waals surface area contributed by atoms with E-state index in [1.165, 1.54) is 12.1 Å². The Kier molecular flexibility index (Phi) is 5.63. The van der Waals surface area contributed by atoms with Gasteiger partial charge in [-0.25, -0.2) is 4.79 Å². The van der Waals surface area contributed by atoms with Gasteiger partial charge in [0.05, 0.1) is 17.0 Å². The number of carboxylic acid groups (broad SMARTS) is 1. The van der Waals surface area contributed by atoms with Crippen LogP contribution in [0, 0.1) is 16.0 Å². The fourth-order valence-electron chi connectivity index (χ4n) is 3.38. The van der Waals surface area contributed by atoms with Crippen molar-refractivity contribution in [1.29, 1.82) is 0 Å². The van der Waals surface area contributed by atoms with E-state index in [9.17, 15) is 19.7 Å². The molecule has 1 atom stereocenters.